The van der Waals surface area contributed by atoms with Gasteiger partial charge in [-0.25, -0.2) is 4.98 Å². The number of nitrogen functional groups attached to an aromatic ring is 1. The monoisotopic (exact) mass is 468 g/mol. The van der Waals surface area contributed by atoms with Crippen molar-refractivity contribution in [2.75, 3.05) is 23.7 Å². The highest BCUT2D eigenvalue weighted by Gasteiger charge is 2.27. The molecule has 7 nitrogen and oxygen atoms in total. The highest BCUT2D eigenvalue weighted by molar-refractivity contribution is 5.79. The predicted octanol–water partition coefficient (Wildman–Crippen LogP) is 3.89. The van der Waals surface area contributed by atoms with Crippen molar-refractivity contribution in [2.45, 2.75) is 38.9 Å². The van der Waals surface area contributed by atoms with Gasteiger partial charge < -0.3 is 15.2 Å². The number of nitrogens with two attached hydrogens (primary N) is 1. The second kappa shape index (κ2) is 9.88. The van der Waals surface area contributed by atoms with E-state index in [-0.39, 0.29) is 5.43 Å². The first-order valence-electron chi connectivity index (χ1n) is 12.2. The van der Waals surface area contributed by atoms with Gasteiger partial charge in [-0.1, -0.05) is 12.1 Å². The van der Waals surface area contributed by atoms with Gasteiger partial charge in [-0.15, -0.1) is 0 Å². The Morgan fingerprint density at radius 2 is 1.97 bits per heavy atom. The summed E-state index contributed by atoms with van der Waals surface area (Å²) in [7, 11) is 2.01. The maximum absolute atomic E-state index is 13.4. The SMILES string of the molecule is Cc1cc(CN(Cc2cn(C)c3ccccc3c2=O)[C@H]2CCCN(c3ccc(N)nc3)C2)ccn1. The maximum Gasteiger partial charge on any atom is 0.193 e. The van der Waals surface area contributed by atoms with Gasteiger partial charge in [0.25, 0.3) is 0 Å². The van der Waals surface area contributed by atoms with E-state index in [1.807, 2.05) is 69.0 Å². The molecule has 2 N–H and O–H groups in total. The van der Waals surface area contributed by atoms with Crippen molar-refractivity contribution in [3.8, 4) is 0 Å². The standard InChI is InChI=1S/C28H32N6O/c1-20-14-21(11-12-30-20)16-34(18-22-17-32(2)26-8-4-3-7-25(26)28(22)35)24-6-5-13-33(19-24)23-9-10-27(29)31-15-23/h3-4,7-12,14-15,17,24H,5-6,13,16,18-19H2,1-2H3,(H2,29,31)/t24-/m0/s1. The van der Waals surface area contributed by atoms with E-state index >= 15 is 0 Å². The van der Waals surface area contributed by atoms with E-state index in [4.69, 9.17) is 5.73 Å². The zero-order valence-corrected chi connectivity index (χ0v) is 20.4. The quantitative estimate of drug-likeness (QED) is 0.462. The molecular formula is C28H32N6O. The second-order valence-electron chi connectivity index (χ2n) is 9.51. The number of fused-ring (bicyclic) bond motifs is 1. The lowest BCUT2D eigenvalue weighted by Crippen LogP contribution is -2.48. The van der Waals surface area contributed by atoms with Gasteiger partial charge in [-0.05, 0) is 61.7 Å². The van der Waals surface area contributed by atoms with Crippen LogP contribution in [0.4, 0.5) is 11.5 Å². The molecule has 1 saturated heterocycles. The summed E-state index contributed by atoms with van der Waals surface area (Å²) < 4.78 is 2.06. The van der Waals surface area contributed by atoms with E-state index in [1.54, 1.807) is 0 Å². The lowest BCUT2D eigenvalue weighted by molar-refractivity contribution is 0.158. The minimum absolute atomic E-state index is 0.116. The number of hydrogen-bond acceptors (Lipinski definition) is 6. The summed E-state index contributed by atoms with van der Waals surface area (Å²) in [5.74, 6) is 0.532. The summed E-state index contributed by atoms with van der Waals surface area (Å²) in [6, 6.07) is 16.2. The Morgan fingerprint density at radius 1 is 1.11 bits per heavy atom. The van der Waals surface area contributed by atoms with Crippen molar-refractivity contribution in [1.29, 1.82) is 0 Å². The average molecular weight is 469 g/mol. The van der Waals surface area contributed by atoms with Crippen LogP contribution in [0.2, 0.25) is 0 Å². The van der Waals surface area contributed by atoms with Crippen LogP contribution in [-0.4, -0.2) is 38.6 Å². The molecule has 0 amide bonds. The summed E-state index contributed by atoms with van der Waals surface area (Å²) in [6.45, 7) is 5.24. The van der Waals surface area contributed by atoms with Crippen LogP contribution in [0.1, 0.15) is 29.7 Å². The molecule has 35 heavy (non-hydrogen) atoms. The molecule has 1 fully saturated rings. The van der Waals surface area contributed by atoms with Gasteiger partial charge in [0.2, 0.25) is 0 Å². The van der Waals surface area contributed by atoms with Crippen LogP contribution in [0, 0.1) is 6.92 Å². The van der Waals surface area contributed by atoms with Crippen LogP contribution in [0.5, 0.6) is 0 Å². The third-order valence-corrected chi connectivity index (χ3v) is 6.94. The smallest absolute Gasteiger partial charge is 0.193 e. The molecule has 7 heteroatoms. The van der Waals surface area contributed by atoms with Gasteiger partial charge in [0.05, 0.1) is 17.4 Å². The fraction of sp³-hybridized carbons (Fsp3) is 0.321. The first kappa shape index (κ1) is 23.1. The molecule has 4 aromatic rings. The number of nitrogens with zero attached hydrogens (tertiary/aromatic N) is 5. The molecule has 3 aromatic heterocycles. The molecule has 0 aliphatic carbocycles. The zero-order valence-electron chi connectivity index (χ0n) is 20.4. The Bertz CT molecular complexity index is 1380. The molecule has 0 saturated carbocycles. The summed E-state index contributed by atoms with van der Waals surface area (Å²) in [4.78, 5) is 26.9. The summed E-state index contributed by atoms with van der Waals surface area (Å²) in [5, 5.41) is 0.769. The first-order valence-corrected chi connectivity index (χ1v) is 12.2. The largest absolute Gasteiger partial charge is 0.384 e. The van der Waals surface area contributed by atoms with Gasteiger partial charge >= 0.3 is 0 Å². The van der Waals surface area contributed by atoms with E-state index in [2.05, 4.69) is 36.5 Å². The summed E-state index contributed by atoms with van der Waals surface area (Å²) in [6.07, 6.45) is 7.88. The molecule has 1 aliphatic heterocycles. The van der Waals surface area contributed by atoms with Gasteiger partial charge in [-0.3, -0.25) is 14.7 Å². The van der Waals surface area contributed by atoms with Crippen molar-refractivity contribution >= 4 is 22.4 Å². The van der Waals surface area contributed by atoms with Crippen molar-refractivity contribution < 1.29 is 0 Å². The van der Waals surface area contributed by atoms with Crippen LogP contribution in [0.15, 0.2) is 71.9 Å². The Labute approximate surface area is 205 Å². The molecule has 4 heterocycles. The van der Waals surface area contributed by atoms with E-state index in [0.29, 0.717) is 18.4 Å². The topological polar surface area (TPSA) is 80.3 Å². The number of rotatable bonds is 6. The number of para-hydroxylation sites is 1. The minimum atomic E-state index is 0.116. The number of anilines is 2. The lowest BCUT2D eigenvalue weighted by Gasteiger charge is -2.40. The third-order valence-electron chi connectivity index (χ3n) is 6.94. The average Bonchev–Trinajstić information content (AvgIpc) is 2.87. The minimum Gasteiger partial charge on any atom is -0.384 e. The molecule has 180 valence electrons. The van der Waals surface area contributed by atoms with Gasteiger partial charge in [0, 0.05) is 68.3 Å². The van der Waals surface area contributed by atoms with Crippen molar-refractivity contribution in [3.63, 3.8) is 0 Å². The van der Waals surface area contributed by atoms with Crippen LogP contribution in [-0.2, 0) is 20.1 Å². The van der Waals surface area contributed by atoms with E-state index in [9.17, 15) is 4.79 Å². The van der Waals surface area contributed by atoms with Crippen LogP contribution in [0.3, 0.4) is 0 Å². The molecular weight excluding hydrogens is 436 g/mol. The number of pyridine rings is 3. The Hall–Kier alpha value is -3.71. The zero-order chi connectivity index (χ0) is 24.4. The Balaban J connectivity index is 1.47. The van der Waals surface area contributed by atoms with E-state index in [0.717, 1.165) is 60.3 Å². The third kappa shape index (κ3) is 5.05. The number of aryl methyl sites for hydroxylation is 2. The molecule has 0 unspecified atom stereocenters. The molecule has 0 bridgehead atoms. The normalized spacial score (nSPS) is 16.2. The highest BCUT2D eigenvalue weighted by Crippen LogP contribution is 2.25. The number of hydrogen-bond donors (Lipinski definition) is 1. The van der Waals surface area contributed by atoms with Crippen LogP contribution in [0.25, 0.3) is 10.9 Å². The van der Waals surface area contributed by atoms with Crippen molar-refractivity contribution in [2.24, 2.45) is 7.05 Å². The second-order valence-corrected chi connectivity index (χ2v) is 9.51. The predicted molar refractivity (Wildman–Crippen MR) is 141 cm³/mol. The first-order chi connectivity index (χ1) is 17.0. The van der Waals surface area contributed by atoms with Crippen LogP contribution < -0.4 is 16.1 Å². The lowest BCUT2D eigenvalue weighted by atomic mass is 10.0. The van der Waals surface area contributed by atoms with Gasteiger partial charge in [0.1, 0.15) is 5.82 Å². The fourth-order valence-corrected chi connectivity index (χ4v) is 5.16. The van der Waals surface area contributed by atoms with Crippen LogP contribution >= 0.6 is 0 Å². The molecule has 1 aliphatic rings. The fourth-order valence-electron chi connectivity index (χ4n) is 5.16. The van der Waals surface area contributed by atoms with Crippen molar-refractivity contribution in [3.05, 3.63) is 94.2 Å². The molecule has 1 aromatic carbocycles. The summed E-state index contributed by atoms with van der Waals surface area (Å²) >= 11 is 0. The number of piperidine rings is 1. The van der Waals surface area contributed by atoms with E-state index < -0.39 is 0 Å². The molecule has 0 radical (unpaired) electrons. The van der Waals surface area contributed by atoms with Gasteiger partial charge in [0.15, 0.2) is 5.43 Å². The molecule has 1 atom stereocenters. The van der Waals surface area contributed by atoms with Crippen molar-refractivity contribution in [1.82, 2.24) is 19.4 Å². The molecule has 5 rings (SSSR count). The Kier molecular flexibility index (Phi) is 6.51. The molecule has 0 spiro atoms. The Morgan fingerprint density at radius 3 is 2.77 bits per heavy atom. The maximum atomic E-state index is 13.4. The summed E-state index contributed by atoms with van der Waals surface area (Å²) in [5.41, 5.74) is 11.0. The van der Waals surface area contributed by atoms with Gasteiger partial charge in [-0.2, -0.15) is 0 Å². The van der Waals surface area contributed by atoms with E-state index in [1.165, 1.54) is 5.56 Å². The highest BCUT2D eigenvalue weighted by atomic mass is 16.1. The number of benzene rings is 1. The number of aromatic nitrogens is 3.